The Labute approximate surface area is 150 Å². The maximum absolute atomic E-state index is 12.0. The van der Waals surface area contributed by atoms with Gasteiger partial charge in [-0.3, -0.25) is 4.79 Å². The largest absolute Gasteiger partial charge is 0.494 e. The number of fused-ring (bicyclic) bond motifs is 1. The van der Waals surface area contributed by atoms with Crippen molar-refractivity contribution in [1.29, 1.82) is 5.26 Å². The zero-order chi connectivity index (χ0) is 18.0. The van der Waals surface area contributed by atoms with E-state index < -0.39 is 15.7 Å². The lowest BCUT2D eigenvalue weighted by Crippen LogP contribution is -2.37. The zero-order valence-corrected chi connectivity index (χ0v) is 15.2. The van der Waals surface area contributed by atoms with Crippen LogP contribution in [0.1, 0.15) is 13.3 Å². The van der Waals surface area contributed by atoms with Crippen LogP contribution in [0.15, 0.2) is 29.3 Å². The van der Waals surface area contributed by atoms with Gasteiger partial charge in [-0.05, 0) is 31.2 Å². The average molecular weight is 379 g/mol. The third kappa shape index (κ3) is 3.80. The van der Waals surface area contributed by atoms with E-state index in [0.717, 1.165) is 5.69 Å². The molecular formula is C16H17N3O4S2. The summed E-state index contributed by atoms with van der Waals surface area (Å²) in [5.41, 5.74) is 0.754. The number of amidine groups is 1. The van der Waals surface area contributed by atoms with Gasteiger partial charge in [-0.2, -0.15) is 10.3 Å². The number of rotatable bonds is 4. The van der Waals surface area contributed by atoms with Gasteiger partial charge in [-0.25, -0.2) is 8.42 Å². The van der Waals surface area contributed by atoms with Crippen molar-refractivity contribution >= 4 is 38.4 Å². The third-order valence-corrected chi connectivity index (χ3v) is 7.15. The Morgan fingerprint density at radius 3 is 2.76 bits per heavy atom. The lowest BCUT2D eigenvalue weighted by atomic mass is 10.2. The van der Waals surface area contributed by atoms with Crippen LogP contribution in [-0.4, -0.2) is 48.9 Å². The van der Waals surface area contributed by atoms with Gasteiger partial charge in [0.25, 0.3) is 5.91 Å². The number of hydrogen-bond donors (Lipinski definition) is 0. The number of benzene rings is 1. The fraction of sp³-hybridized carbons (Fsp3) is 0.438. The minimum Gasteiger partial charge on any atom is -0.494 e. The molecule has 0 aromatic heterocycles. The van der Waals surface area contributed by atoms with Crippen LogP contribution in [0.3, 0.4) is 0 Å². The molecule has 25 heavy (non-hydrogen) atoms. The highest BCUT2D eigenvalue weighted by molar-refractivity contribution is 8.16. The highest BCUT2D eigenvalue weighted by Gasteiger charge is 2.49. The summed E-state index contributed by atoms with van der Waals surface area (Å²) in [5, 5.41) is 8.94. The van der Waals surface area contributed by atoms with E-state index in [4.69, 9.17) is 10.00 Å². The number of amides is 1. The fourth-order valence-corrected chi connectivity index (χ4v) is 6.88. The number of carbonyl (C=O) groups is 1. The first kappa shape index (κ1) is 17.8. The van der Waals surface area contributed by atoms with E-state index in [1.165, 1.54) is 11.8 Å². The minimum atomic E-state index is -3.10. The molecule has 2 atom stereocenters. The monoisotopic (exact) mass is 379 g/mol. The first-order valence-corrected chi connectivity index (χ1v) is 10.5. The van der Waals surface area contributed by atoms with Gasteiger partial charge in [0.15, 0.2) is 15.0 Å². The molecule has 1 aromatic rings. The molecule has 7 nitrogen and oxygen atoms in total. The van der Waals surface area contributed by atoms with Crippen molar-refractivity contribution in [3.8, 4) is 11.8 Å². The predicted octanol–water partition coefficient (Wildman–Crippen LogP) is 1.60. The number of thioether (sulfide) groups is 1. The second-order valence-electron chi connectivity index (χ2n) is 5.72. The summed E-state index contributed by atoms with van der Waals surface area (Å²) < 4.78 is 29.4. The summed E-state index contributed by atoms with van der Waals surface area (Å²) in [5.74, 6) is 0.293. The molecule has 0 spiro atoms. The standard InChI is InChI=1S/C16H17N3O4S2/c1-2-23-12-5-3-11(4-6-12)19-13-9-25(21,22)10-14(13)24-16(19)18-15(20)7-8-17/h3-6,13-14H,2,7,9-10H2,1H3. The summed E-state index contributed by atoms with van der Waals surface area (Å²) in [6.45, 7) is 2.45. The Morgan fingerprint density at radius 1 is 1.40 bits per heavy atom. The Balaban J connectivity index is 1.94. The fourth-order valence-electron chi connectivity index (χ4n) is 2.95. The maximum Gasteiger partial charge on any atom is 0.262 e. The number of sulfone groups is 1. The second kappa shape index (κ2) is 7.06. The zero-order valence-electron chi connectivity index (χ0n) is 13.6. The average Bonchev–Trinajstić information content (AvgIpc) is 3.00. The molecule has 0 saturated carbocycles. The molecule has 2 fully saturated rings. The van der Waals surface area contributed by atoms with Crippen LogP contribution < -0.4 is 9.64 Å². The van der Waals surface area contributed by atoms with Gasteiger partial charge in [0.05, 0.1) is 30.2 Å². The van der Waals surface area contributed by atoms with Gasteiger partial charge in [0.2, 0.25) is 0 Å². The number of ether oxygens (including phenoxy) is 1. The first-order valence-electron chi connectivity index (χ1n) is 7.81. The predicted molar refractivity (Wildman–Crippen MR) is 96.6 cm³/mol. The summed E-state index contributed by atoms with van der Waals surface area (Å²) in [4.78, 5) is 17.6. The van der Waals surface area contributed by atoms with Crippen LogP contribution in [0.5, 0.6) is 5.75 Å². The highest BCUT2D eigenvalue weighted by Crippen LogP contribution is 2.41. The Kier molecular flexibility index (Phi) is 5.01. The van der Waals surface area contributed by atoms with Crippen LogP contribution in [0.4, 0.5) is 5.69 Å². The SMILES string of the molecule is CCOc1ccc(N2C(=NC(=O)CC#N)SC3CS(=O)(=O)CC32)cc1. The van der Waals surface area contributed by atoms with Crippen molar-refractivity contribution in [2.45, 2.75) is 24.6 Å². The van der Waals surface area contributed by atoms with Crippen molar-refractivity contribution in [2.75, 3.05) is 23.0 Å². The first-order chi connectivity index (χ1) is 11.9. The Bertz CT molecular complexity index is 843. The van der Waals surface area contributed by atoms with E-state index in [-0.39, 0.29) is 29.2 Å². The molecule has 0 radical (unpaired) electrons. The maximum atomic E-state index is 12.0. The molecule has 2 heterocycles. The highest BCUT2D eigenvalue weighted by atomic mass is 32.2. The van der Waals surface area contributed by atoms with Crippen molar-refractivity contribution in [2.24, 2.45) is 4.99 Å². The van der Waals surface area contributed by atoms with Gasteiger partial charge < -0.3 is 9.64 Å². The van der Waals surface area contributed by atoms with E-state index in [1.54, 1.807) is 23.1 Å². The topological polar surface area (TPSA) is 99.8 Å². The molecule has 2 aliphatic heterocycles. The third-order valence-electron chi connectivity index (χ3n) is 3.94. The number of carbonyl (C=O) groups excluding carboxylic acids is 1. The lowest BCUT2D eigenvalue weighted by molar-refractivity contribution is -0.116. The molecule has 3 rings (SSSR count). The molecule has 2 aliphatic rings. The number of aliphatic imine (C=N–C) groups is 1. The molecule has 2 unspecified atom stereocenters. The number of nitriles is 1. The van der Waals surface area contributed by atoms with E-state index in [9.17, 15) is 13.2 Å². The van der Waals surface area contributed by atoms with Crippen molar-refractivity contribution < 1.29 is 17.9 Å². The number of anilines is 1. The van der Waals surface area contributed by atoms with Crippen LogP contribution in [0.2, 0.25) is 0 Å². The van der Waals surface area contributed by atoms with Crippen LogP contribution >= 0.6 is 11.8 Å². The molecule has 1 aromatic carbocycles. The van der Waals surface area contributed by atoms with E-state index >= 15 is 0 Å². The number of hydrogen-bond acceptors (Lipinski definition) is 6. The van der Waals surface area contributed by atoms with Crippen LogP contribution in [0.25, 0.3) is 0 Å². The summed E-state index contributed by atoms with van der Waals surface area (Å²) in [6.07, 6.45) is -0.297. The second-order valence-corrected chi connectivity index (χ2v) is 9.08. The van der Waals surface area contributed by atoms with E-state index in [0.29, 0.717) is 17.5 Å². The van der Waals surface area contributed by atoms with Crippen molar-refractivity contribution in [1.82, 2.24) is 0 Å². The molecule has 1 amide bonds. The van der Waals surface area contributed by atoms with Gasteiger partial charge in [-0.1, -0.05) is 11.8 Å². The molecule has 9 heteroatoms. The van der Waals surface area contributed by atoms with Gasteiger partial charge in [-0.15, -0.1) is 0 Å². The molecule has 132 valence electrons. The smallest absolute Gasteiger partial charge is 0.262 e. The lowest BCUT2D eigenvalue weighted by Gasteiger charge is -2.24. The molecule has 0 bridgehead atoms. The van der Waals surface area contributed by atoms with E-state index in [2.05, 4.69) is 4.99 Å². The normalized spacial score (nSPS) is 25.6. The summed E-state index contributed by atoms with van der Waals surface area (Å²) in [6, 6.07) is 8.77. The van der Waals surface area contributed by atoms with Gasteiger partial charge >= 0.3 is 0 Å². The molecular weight excluding hydrogens is 362 g/mol. The summed E-state index contributed by atoms with van der Waals surface area (Å²) in [7, 11) is -3.10. The quantitative estimate of drug-likeness (QED) is 0.783. The molecule has 0 aliphatic carbocycles. The van der Waals surface area contributed by atoms with Crippen LogP contribution in [-0.2, 0) is 14.6 Å². The minimum absolute atomic E-state index is 0.0311. The summed E-state index contributed by atoms with van der Waals surface area (Å²) >= 11 is 1.29. The van der Waals surface area contributed by atoms with Crippen molar-refractivity contribution in [3.05, 3.63) is 24.3 Å². The number of nitrogens with zero attached hydrogens (tertiary/aromatic N) is 3. The van der Waals surface area contributed by atoms with Crippen LogP contribution in [0, 0.1) is 11.3 Å². The Morgan fingerprint density at radius 2 is 2.12 bits per heavy atom. The van der Waals surface area contributed by atoms with Crippen molar-refractivity contribution in [3.63, 3.8) is 0 Å². The van der Waals surface area contributed by atoms with Gasteiger partial charge in [0, 0.05) is 10.9 Å². The van der Waals surface area contributed by atoms with E-state index in [1.807, 2.05) is 19.1 Å². The Hall–Kier alpha value is -2.05. The molecule has 2 saturated heterocycles. The molecule has 0 N–H and O–H groups in total. The van der Waals surface area contributed by atoms with Gasteiger partial charge in [0.1, 0.15) is 12.2 Å².